The number of aromatic nitrogens is 5. The Hall–Kier alpha value is -3.21. The summed E-state index contributed by atoms with van der Waals surface area (Å²) in [5, 5.41) is 11.0. The highest BCUT2D eigenvalue weighted by atomic mass is 32.1. The maximum Gasteiger partial charge on any atom is 0.328 e. The summed E-state index contributed by atoms with van der Waals surface area (Å²) in [6.07, 6.45) is 3.89. The van der Waals surface area contributed by atoms with E-state index in [4.69, 9.17) is 0 Å². The molecule has 1 amide bonds. The molecule has 11 heteroatoms. The third-order valence-electron chi connectivity index (χ3n) is 2.86. The lowest BCUT2D eigenvalue weighted by molar-refractivity contribution is -0.116. The molecule has 24 heavy (non-hydrogen) atoms. The molecule has 0 aliphatic carbocycles. The molecule has 0 bridgehead atoms. The number of hydrogen-bond acceptors (Lipinski definition) is 7. The Bertz CT molecular complexity index is 997. The van der Waals surface area contributed by atoms with Crippen LogP contribution in [0.2, 0.25) is 0 Å². The van der Waals surface area contributed by atoms with Gasteiger partial charge < -0.3 is 0 Å². The number of halogens is 1. The van der Waals surface area contributed by atoms with Gasteiger partial charge in [0.2, 0.25) is 16.9 Å². The number of carbonyl (C=O) groups is 1. The van der Waals surface area contributed by atoms with Crippen molar-refractivity contribution < 1.29 is 9.18 Å². The van der Waals surface area contributed by atoms with Crippen LogP contribution in [0.4, 0.5) is 9.52 Å². The highest BCUT2D eigenvalue weighted by molar-refractivity contribution is 7.18. The molecule has 3 aromatic rings. The van der Waals surface area contributed by atoms with Crippen molar-refractivity contribution in [2.75, 3.05) is 5.32 Å². The van der Waals surface area contributed by atoms with Gasteiger partial charge in [0.15, 0.2) is 5.01 Å². The predicted octanol–water partition coefficient (Wildman–Crippen LogP) is 0.228. The molecule has 3 heterocycles. The van der Waals surface area contributed by atoms with Gasteiger partial charge >= 0.3 is 5.69 Å². The van der Waals surface area contributed by atoms with Crippen LogP contribution in [-0.2, 0) is 11.3 Å². The molecular formula is C13H9FN6O3S. The molecule has 0 unspecified atom stereocenters. The molecule has 0 aliphatic rings. The molecule has 0 aromatic carbocycles. The normalized spacial score (nSPS) is 10.5. The third kappa shape index (κ3) is 3.41. The van der Waals surface area contributed by atoms with Crippen LogP contribution in [0.25, 0.3) is 10.6 Å². The number of rotatable bonds is 4. The topological polar surface area (TPSA) is 123 Å². The molecule has 0 radical (unpaired) electrons. The summed E-state index contributed by atoms with van der Waals surface area (Å²) in [5.41, 5.74) is -1.28. The van der Waals surface area contributed by atoms with Crippen molar-refractivity contribution in [1.29, 1.82) is 0 Å². The number of aromatic amines is 1. The summed E-state index contributed by atoms with van der Waals surface area (Å²) in [7, 11) is 0. The van der Waals surface area contributed by atoms with Crippen molar-refractivity contribution in [3.8, 4) is 10.6 Å². The monoisotopic (exact) mass is 348 g/mol. The van der Waals surface area contributed by atoms with E-state index in [0.29, 0.717) is 11.2 Å². The van der Waals surface area contributed by atoms with Gasteiger partial charge in [-0.05, 0) is 12.1 Å². The summed E-state index contributed by atoms with van der Waals surface area (Å²) in [6.45, 7) is -0.478. The Morgan fingerprint density at radius 2 is 2.21 bits per heavy atom. The summed E-state index contributed by atoms with van der Waals surface area (Å²) in [5.74, 6) is -1.77. The van der Waals surface area contributed by atoms with Crippen LogP contribution < -0.4 is 16.6 Å². The summed E-state index contributed by atoms with van der Waals surface area (Å²) in [4.78, 5) is 40.1. The molecule has 0 saturated heterocycles. The predicted molar refractivity (Wildman–Crippen MR) is 83.1 cm³/mol. The number of H-pyrrole nitrogens is 1. The summed E-state index contributed by atoms with van der Waals surface area (Å²) >= 11 is 1.12. The molecule has 2 N–H and O–H groups in total. The molecule has 3 aromatic heterocycles. The van der Waals surface area contributed by atoms with Gasteiger partial charge in [-0.25, -0.2) is 4.79 Å². The van der Waals surface area contributed by atoms with Gasteiger partial charge in [-0.1, -0.05) is 11.3 Å². The van der Waals surface area contributed by atoms with Gasteiger partial charge in [0.05, 0.1) is 6.20 Å². The zero-order valence-electron chi connectivity index (χ0n) is 11.9. The highest BCUT2D eigenvalue weighted by Crippen LogP contribution is 2.25. The van der Waals surface area contributed by atoms with E-state index in [1.807, 2.05) is 0 Å². The van der Waals surface area contributed by atoms with Crippen LogP contribution >= 0.6 is 11.3 Å². The van der Waals surface area contributed by atoms with Crippen molar-refractivity contribution in [2.24, 2.45) is 0 Å². The van der Waals surface area contributed by atoms with E-state index in [-0.39, 0.29) is 5.13 Å². The Kier molecular flexibility index (Phi) is 4.24. The first-order valence-corrected chi connectivity index (χ1v) is 7.37. The zero-order valence-corrected chi connectivity index (χ0v) is 12.7. The van der Waals surface area contributed by atoms with E-state index in [1.54, 1.807) is 29.5 Å². The van der Waals surface area contributed by atoms with Crippen LogP contribution in [0.5, 0.6) is 0 Å². The molecule has 3 rings (SSSR count). The number of pyridine rings is 1. The van der Waals surface area contributed by atoms with Gasteiger partial charge in [0.25, 0.3) is 5.56 Å². The maximum absolute atomic E-state index is 13.2. The molecule has 0 saturated carbocycles. The van der Waals surface area contributed by atoms with Gasteiger partial charge in [0, 0.05) is 18.0 Å². The minimum absolute atomic E-state index is 0.219. The first-order valence-electron chi connectivity index (χ1n) is 6.56. The average molecular weight is 348 g/mol. The second-order valence-corrected chi connectivity index (χ2v) is 5.54. The molecule has 122 valence electrons. The molecule has 0 spiro atoms. The fourth-order valence-electron chi connectivity index (χ4n) is 1.79. The smallest absolute Gasteiger partial charge is 0.299 e. The van der Waals surface area contributed by atoms with Crippen molar-refractivity contribution >= 4 is 22.4 Å². The van der Waals surface area contributed by atoms with E-state index in [9.17, 15) is 18.8 Å². The number of hydrogen-bond donors (Lipinski definition) is 2. The minimum atomic E-state index is -1.16. The van der Waals surface area contributed by atoms with Crippen molar-refractivity contribution in [2.45, 2.75) is 6.54 Å². The van der Waals surface area contributed by atoms with Crippen LogP contribution in [0.3, 0.4) is 0 Å². The summed E-state index contributed by atoms with van der Waals surface area (Å²) < 4.78 is 13.9. The first kappa shape index (κ1) is 15.7. The maximum atomic E-state index is 13.2. The second kappa shape index (κ2) is 6.50. The Balaban J connectivity index is 1.72. The van der Waals surface area contributed by atoms with E-state index in [2.05, 4.69) is 20.5 Å². The summed E-state index contributed by atoms with van der Waals surface area (Å²) in [6, 6.07) is 3.54. The SMILES string of the molecule is O=C(Cn1cc(F)c(=O)[nH]c1=O)Nc1nnc(-c2cccnc2)s1. The largest absolute Gasteiger partial charge is 0.328 e. The lowest BCUT2D eigenvalue weighted by Crippen LogP contribution is -2.34. The average Bonchev–Trinajstić information content (AvgIpc) is 3.02. The number of amides is 1. The molecule has 0 atom stereocenters. The molecule has 0 aliphatic heterocycles. The first-order chi connectivity index (χ1) is 11.5. The molecular weight excluding hydrogens is 339 g/mol. The number of nitrogens with one attached hydrogen (secondary N) is 2. The Morgan fingerprint density at radius 1 is 1.38 bits per heavy atom. The fraction of sp³-hybridized carbons (Fsp3) is 0.0769. The Labute approximate surface area is 136 Å². The van der Waals surface area contributed by atoms with Gasteiger partial charge in [-0.2, -0.15) is 4.39 Å². The van der Waals surface area contributed by atoms with E-state index in [1.165, 1.54) is 0 Å². The second-order valence-electron chi connectivity index (χ2n) is 4.57. The van der Waals surface area contributed by atoms with Crippen LogP contribution in [0.15, 0.2) is 40.3 Å². The highest BCUT2D eigenvalue weighted by Gasteiger charge is 2.12. The minimum Gasteiger partial charge on any atom is -0.299 e. The van der Waals surface area contributed by atoms with Gasteiger partial charge in [0.1, 0.15) is 6.54 Å². The Morgan fingerprint density at radius 3 is 2.96 bits per heavy atom. The number of carbonyl (C=O) groups excluding carboxylic acids is 1. The zero-order chi connectivity index (χ0) is 17.1. The van der Waals surface area contributed by atoms with Crippen molar-refractivity contribution in [3.05, 3.63) is 57.4 Å². The van der Waals surface area contributed by atoms with E-state index in [0.717, 1.165) is 21.5 Å². The van der Waals surface area contributed by atoms with Crippen LogP contribution in [0.1, 0.15) is 0 Å². The quantitative estimate of drug-likeness (QED) is 0.696. The standard InChI is InChI=1S/C13H9FN6O3S/c14-8-5-20(13(23)17-10(8)22)6-9(21)16-12-19-18-11(24-12)7-2-1-3-15-4-7/h1-5H,6H2,(H,16,19,21)(H,17,22,23). The number of anilines is 1. The van der Waals surface area contributed by atoms with E-state index < -0.39 is 29.5 Å². The molecule has 9 nitrogen and oxygen atoms in total. The van der Waals surface area contributed by atoms with Crippen LogP contribution in [-0.4, -0.2) is 30.6 Å². The van der Waals surface area contributed by atoms with Gasteiger partial charge in [-0.15, -0.1) is 10.2 Å². The fourth-order valence-corrected chi connectivity index (χ4v) is 2.54. The van der Waals surface area contributed by atoms with Crippen LogP contribution in [0, 0.1) is 5.82 Å². The van der Waals surface area contributed by atoms with Crippen molar-refractivity contribution in [3.63, 3.8) is 0 Å². The lowest BCUT2D eigenvalue weighted by atomic mass is 10.3. The van der Waals surface area contributed by atoms with E-state index >= 15 is 0 Å². The lowest BCUT2D eigenvalue weighted by Gasteiger charge is -2.04. The molecule has 0 fully saturated rings. The van der Waals surface area contributed by atoms with Gasteiger partial charge in [-0.3, -0.25) is 29.4 Å². The number of nitrogens with zero attached hydrogens (tertiary/aromatic N) is 4. The third-order valence-corrected chi connectivity index (χ3v) is 3.75. The van der Waals surface area contributed by atoms with Crippen molar-refractivity contribution in [1.82, 2.24) is 24.7 Å².